The van der Waals surface area contributed by atoms with Gasteiger partial charge in [0.15, 0.2) is 0 Å². The molecule has 2 aromatic carbocycles. The molecule has 1 fully saturated rings. The maximum Gasteiger partial charge on any atom is 0.349 e. The quantitative estimate of drug-likeness (QED) is 0.583. The number of aromatic nitrogens is 4. The van der Waals surface area contributed by atoms with Crippen LogP contribution in [0.25, 0.3) is 22.3 Å². The molecule has 0 atom stereocenters. The van der Waals surface area contributed by atoms with Crippen LogP contribution in [0.5, 0.6) is 0 Å². The highest BCUT2D eigenvalue weighted by Gasteiger charge is 2.28. The molecule has 0 radical (unpaired) electrons. The van der Waals surface area contributed by atoms with E-state index in [2.05, 4.69) is 4.98 Å². The Labute approximate surface area is 165 Å². The van der Waals surface area contributed by atoms with Crippen molar-refractivity contribution in [2.75, 3.05) is 0 Å². The van der Waals surface area contributed by atoms with Crippen LogP contribution in [0.3, 0.4) is 0 Å². The highest BCUT2D eigenvalue weighted by Crippen LogP contribution is 2.43. The van der Waals surface area contributed by atoms with Gasteiger partial charge in [0.2, 0.25) is 0 Å². The van der Waals surface area contributed by atoms with Gasteiger partial charge in [-0.15, -0.1) is 0 Å². The van der Waals surface area contributed by atoms with Gasteiger partial charge in [0.05, 0.1) is 16.9 Å². The van der Waals surface area contributed by atoms with Gasteiger partial charge in [0, 0.05) is 18.0 Å². The summed E-state index contributed by atoms with van der Waals surface area (Å²) in [5, 5.41) is 0.951. The van der Waals surface area contributed by atoms with Crippen molar-refractivity contribution in [3.05, 3.63) is 91.5 Å². The van der Waals surface area contributed by atoms with E-state index in [0.29, 0.717) is 29.4 Å². The van der Waals surface area contributed by atoms with Crippen LogP contribution in [0.4, 0.5) is 0 Å². The lowest BCUT2D eigenvalue weighted by molar-refractivity contribution is 0.696. The molecule has 1 N–H and O–H groups in total. The van der Waals surface area contributed by atoms with Crippen LogP contribution in [0.15, 0.2) is 69.0 Å². The summed E-state index contributed by atoms with van der Waals surface area (Å²) in [7, 11) is 0. The third kappa shape index (κ3) is 2.69. The molecule has 0 saturated heterocycles. The topological polar surface area (TPSA) is 81.8 Å². The average Bonchev–Trinajstić information content (AvgIpc) is 3.52. The fourth-order valence-corrected chi connectivity index (χ4v) is 4.06. The molecule has 0 spiro atoms. The predicted molar refractivity (Wildman–Crippen MR) is 111 cm³/mol. The van der Waals surface area contributed by atoms with Gasteiger partial charge >= 0.3 is 11.4 Å². The number of benzene rings is 2. The molecule has 7 heteroatoms. The van der Waals surface area contributed by atoms with E-state index < -0.39 is 11.4 Å². The first-order chi connectivity index (χ1) is 14.1. The summed E-state index contributed by atoms with van der Waals surface area (Å²) in [4.78, 5) is 40.6. The number of rotatable bonds is 4. The molecule has 0 bridgehead atoms. The Hall–Kier alpha value is -3.61. The normalized spacial score (nSPS) is 13.8. The number of hydrogen-bond donors (Lipinski definition) is 1. The van der Waals surface area contributed by atoms with Crippen molar-refractivity contribution >= 4 is 10.9 Å². The van der Waals surface area contributed by atoms with E-state index in [1.54, 1.807) is 41.0 Å². The van der Waals surface area contributed by atoms with Crippen molar-refractivity contribution in [3.8, 4) is 11.4 Å². The van der Waals surface area contributed by atoms with Crippen LogP contribution in [-0.2, 0) is 6.54 Å². The Morgan fingerprint density at radius 1 is 0.931 bits per heavy atom. The van der Waals surface area contributed by atoms with E-state index in [0.717, 1.165) is 23.8 Å². The number of aryl methyl sites for hydroxylation is 1. The van der Waals surface area contributed by atoms with Gasteiger partial charge in [-0.3, -0.25) is 9.78 Å². The second-order valence-corrected chi connectivity index (χ2v) is 7.32. The van der Waals surface area contributed by atoms with E-state index in [4.69, 9.17) is 0 Å². The second kappa shape index (κ2) is 6.48. The number of pyridine rings is 1. The van der Waals surface area contributed by atoms with E-state index in [-0.39, 0.29) is 5.56 Å². The van der Waals surface area contributed by atoms with Crippen LogP contribution in [0.1, 0.15) is 31.2 Å². The summed E-state index contributed by atoms with van der Waals surface area (Å²) >= 11 is 0. The van der Waals surface area contributed by atoms with Crippen LogP contribution in [-0.4, -0.2) is 18.9 Å². The summed E-state index contributed by atoms with van der Waals surface area (Å²) in [5.41, 5.74) is 1.61. The third-order valence-electron chi connectivity index (χ3n) is 5.50. The molecule has 146 valence electrons. The molecule has 4 aromatic rings. The first-order valence-electron chi connectivity index (χ1n) is 9.76. The van der Waals surface area contributed by atoms with Gasteiger partial charge < -0.3 is 4.57 Å². The van der Waals surface area contributed by atoms with Crippen molar-refractivity contribution in [3.63, 3.8) is 0 Å². The zero-order chi connectivity index (χ0) is 20.1. The molecule has 5 rings (SSSR count). The van der Waals surface area contributed by atoms with Gasteiger partial charge in [0.1, 0.15) is 0 Å². The van der Waals surface area contributed by atoms with Crippen LogP contribution in [0, 0.1) is 0 Å². The average molecular weight is 388 g/mol. The summed E-state index contributed by atoms with van der Waals surface area (Å²) in [6, 6.07) is 16.3. The van der Waals surface area contributed by atoms with Gasteiger partial charge in [-0.05, 0) is 49.4 Å². The van der Waals surface area contributed by atoms with Crippen molar-refractivity contribution in [1.82, 2.24) is 18.9 Å². The first kappa shape index (κ1) is 17.5. The molecule has 1 aliphatic carbocycles. The van der Waals surface area contributed by atoms with E-state index >= 15 is 0 Å². The van der Waals surface area contributed by atoms with Gasteiger partial charge in [-0.2, -0.15) is 9.36 Å². The van der Waals surface area contributed by atoms with Crippen LogP contribution in [0.2, 0.25) is 0 Å². The highest BCUT2D eigenvalue weighted by atomic mass is 16.2. The molecule has 29 heavy (non-hydrogen) atoms. The minimum Gasteiger partial charge on any atom is -0.306 e. The molecule has 2 heterocycles. The first-order valence-corrected chi connectivity index (χ1v) is 9.76. The lowest BCUT2D eigenvalue weighted by Gasteiger charge is -2.17. The summed E-state index contributed by atoms with van der Waals surface area (Å²) in [5.74, 6) is 0.381. The summed E-state index contributed by atoms with van der Waals surface area (Å²) < 4.78 is 4.30. The Kier molecular flexibility index (Phi) is 3.91. The number of para-hydroxylation sites is 2. The number of hydrogen-bond acceptors (Lipinski definition) is 3. The Balaban J connectivity index is 1.93. The number of nitrogens with zero attached hydrogens (tertiary/aromatic N) is 3. The zero-order valence-corrected chi connectivity index (χ0v) is 16.0. The predicted octanol–water partition coefficient (Wildman–Crippen LogP) is 2.53. The molecule has 0 amide bonds. The van der Waals surface area contributed by atoms with E-state index in [9.17, 15) is 14.4 Å². The Bertz CT molecular complexity index is 1400. The largest absolute Gasteiger partial charge is 0.349 e. The van der Waals surface area contributed by atoms with Crippen molar-refractivity contribution in [1.29, 1.82) is 0 Å². The number of fused-ring (bicyclic) bond motifs is 1. The fraction of sp³-hybridized carbons (Fsp3) is 0.227. The number of aromatic amines is 1. The van der Waals surface area contributed by atoms with Crippen LogP contribution >= 0.6 is 0 Å². The lowest BCUT2D eigenvalue weighted by atomic mass is 10.0. The standard InChI is InChI=1S/C22H20N4O3/c1-2-24-19(27)13-17(14-11-12-14)16-9-6-10-18(20(16)24)26-22(29)23-21(28)25(26)15-7-4-3-5-8-15/h3-10,13-14H,2,11-12H2,1H3,(H,23,28,29). The monoisotopic (exact) mass is 388 g/mol. The Morgan fingerprint density at radius 3 is 2.34 bits per heavy atom. The van der Waals surface area contributed by atoms with Crippen molar-refractivity contribution in [2.45, 2.75) is 32.2 Å². The molecule has 1 aliphatic rings. The van der Waals surface area contributed by atoms with Crippen LogP contribution < -0.4 is 16.9 Å². The zero-order valence-electron chi connectivity index (χ0n) is 16.0. The maximum atomic E-state index is 12.8. The minimum absolute atomic E-state index is 0.0912. The van der Waals surface area contributed by atoms with Crippen molar-refractivity contribution < 1.29 is 0 Å². The maximum absolute atomic E-state index is 12.8. The van der Waals surface area contributed by atoms with Crippen molar-refractivity contribution in [2.24, 2.45) is 0 Å². The summed E-state index contributed by atoms with van der Waals surface area (Å²) in [6.45, 7) is 2.37. The van der Waals surface area contributed by atoms with Gasteiger partial charge in [-0.25, -0.2) is 9.59 Å². The number of nitrogens with one attached hydrogen (secondary N) is 1. The molecule has 1 saturated carbocycles. The molecule has 0 aliphatic heterocycles. The van der Waals surface area contributed by atoms with E-state index in [1.165, 1.54) is 9.36 Å². The Morgan fingerprint density at radius 2 is 1.66 bits per heavy atom. The molecular formula is C22H20N4O3. The number of H-pyrrole nitrogens is 1. The smallest absolute Gasteiger partial charge is 0.306 e. The SMILES string of the molecule is CCn1c(=O)cc(C2CC2)c2cccc(-n3c(=O)[nH]c(=O)n3-c3ccccc3)c21. The molecule has 2 aromatic heterocycles. The molecule has 7 nitrogen and oxygen atoms in total. The van der Waals surface area contributed by atoms with E-state index in [1.807, 2.05) is 25.1 Å². The molecular weight excluding hydrogens is 368 g/mol. The lowest BCUT2D eigenvalue weighted by Crippen LogP contribution is -2.27. The molecule has 0 unspecified atom stereocenters. The van der Waals surface area contributed by atoms with Gasteiger partial charge in [-0.1, -0.05) is 30.3 Å². The van der Waals surface area contributed by atoms with Gasteiger partial charge in [0.25, 0.3) is 5.56 Å². The minimum atomic E-state index is -0.543. The second-order valence-electron chi connectivity index (χ2n) is 7.32. The third-order valence-corrected chi connectivity index (χ3v) is 5.50. The summed E-state index contributed by atoms with van der Waals surface area (Å²) in [6.07, 6.45) is 2.13. The fourth-order valence-electron chi connectivity index (χ4n) is 4.06. The highest BCUT2D eigenvalue weighted by molar-refractivity contribution is 5.90.